The van der Waals surface area contributed by atoms with Crippen molar-refractivity contribution in [2.75, 3.05) is 52.2 Å². The Balaban J connectivity index is 2.26. The first kappa shape index (κ1) is 28.2. The summed E-state index contributed by atoms with van der Waals surface area (Å²) in [6, 6.07) is 10.3. The number of hydrogen-bond donors (Lipinski definition) is 3. The van der Waals surface area contributed by atoms with Gasteiger partial charge in [-0.05, 0) is 41.4 Å². The van der Waals surface area contributed by atoms with E-state index >= 15 is 0 Å². The first-order chi connectivity index (χ1) is 18.3. The lowest BCUT2D eigenvalue weighted by atomic mass is 10.0. The van der Waals surface area contributed by atoms with E-state index in [1.165, 1.54) is 33.3 Å². The second-order valence-electron chi connectivity index (χ2n) is 7.81. The van der Waals surface area contributed by atoms with Gasteiger partial charge in [0, 0.05) is 19.7 Å². The Labute approximate surface area is 223 Å². The topological polar surface area (TPSA) is 168 Å². The standard InChI is InChI=1S/C25H29N5O7S/c1-34-12-11-28-24(32)21(14-5-7-15(35-2)8-6-14)30(17-10-9-16(36-3)13-18(17)37-4)25(33)22-19(26)20(23(27)31)29-38-22/h5-10,13,21H,11-12,26H2,1-4H3,(H2,27,31)(H,28,32). The average molecular weight is 544 g/mol. The molecule has 0 aliphatic rings. The number of ether oxygens (including phenoxy) is 4. The minimum absolute atomic E-state index is 0.0696. The Morgan fingerprint density at radius 2 is 1.66 bits per heavy atom. The molecule has 0 radical (unpaired) electrons. The normalized spacial score (nSPS) is 11.4. The third kappa shape index (κ3) is 5.95. The molecule has 0 fully saturated rings. The summed E-state index contributed by atoms with van der Waals surface area (Å²) in [7, 11) is 5.94. The van der Waals surface area contributed by atoms with E-state index in [1.54, 1.807) is 42.5 Å². The number of nitrogens with one attached hydrogen (secondary N) is 1. The van der Waals surface area contributed by atoms with E-state index in [9.17, 15) is 14.4 Å². The van der Waals surface area contributed by atoms with Gasteiger partial charge in [0.15, 0.2) is 5.69 Å². The summed E-state index contributed by atoms with van der Waals surface area (Å²) in [5.74, 6) is -0.799. The van der Waals surface area contributed by atoms with E-state index < -0.39 is 23.8 Å². The number of nitrogens with zero attached hydrogens (tertiary/aromatic N) is 2. The van der Waals surface area contributed by atoms with Crippen molar-refractivity contribution >= 4 is 40.6 Å². The summed E-state index contributed by atoms with van der Waals surface area (Å²) in [5, 5.41) is 2.79. The first-order valence-electron chi connectivity index (χ1n) is 11.3. The fourth-order valence-corrected chi connectivity index (χ4v) is 4.41. The molecule has 2 aromatic carbocycles. The lowest BCUT2D eigenvalue weighted by Crippen LogP contribution is -2.45. The molecule has 202 valence electrons. The van der Waals surface area contributed by atoms with Crippen molar-refractivity contribution < 1.29 is 33.3 Å². The van der Waals surface area contributed by atoms with Crippen LogP contribution in [-0.4, -0.2) is 63.7 Å². The molecule has 1 heterocycles. The SMILES string of the molecule is COCCNC(=O)C(c1ccc(OC)cc1)N(C(=O)c1snc(C(N)=O)c1N)c1ccc(OC)cc1OC. The van der Waals surface area contributed by atoms with E-state index in [4.69, 9.17) is 30.4 Å². The maximum Gasteiger partial charge on any atom is 0.273 e. The van der Waals surface area contributed by atoms with E-state index in [1.807, 2.05) is 0 Å². The van der Waals surface area contributed by atoms with Crippen LogP contribution in [0.25, 0.3) is 0 Å². The van der Waals surface area contributed by atoms with Gasteiger partial charge in [0.1, 0.15) is 28.2 Å². The molecule has 0 bridgehead atoms. The number of nitrogens with two attached hydrogens (primary N) is 2. The van der Waals surface area contributed by atoms with Crippen molar-refractivity contribution in [1.82, 2.24) is 9.69 Å². The predicted molar refractivity (Wildman–Crippen MR) is 142 cm³/mol. The van der Waals surface area contributed by atoms with Gasteiger partial charge in [-0.25, -0.2) is 0 Å². The van der Waals surface area contributed by atoms with Gasteiger partial charge in [-0.2, -0.15) is 4.37 Å². The van der Waals surface area contributed by atoms with Crippen LogP contribution in [0.5, 0.6) is 17.2 Å². The highest BCUT2D eigenvalue weighted by Crippen LogP contribution is 2.40. The molecule has 38 heavy (non-hydrogen) atoms. The summed E-state index contributed by atoms with van der Waals surface area (Å²) >= 11 is 0.704. The van der Waals surface area contributed by atoms with Crippen molar-refractivity contribution in [3.8, 4) is 17.2 Å². The maximum absolute atomic E-state index is 14.1. The smallest absolute Gasteiger partial charge is 0.273 e. The summed E-state index contributed by atoms with van der Waals surface area (Å²) in [6.07, 6.45) is 0. The summed E-state index contributed by atoms with van der Waals surface area (Å²) in [5.41, 5.74) is 11.8. The van der Waals surface area contributed by atoms with Crippen molar-refractivity contribution in [2.45, 2.75) is 6.04 Å². The quantitative estimate of drug-likeness (QED) is 0.289. The minimum Gasteiger partial charge on any atom is -0.497 e. The molecular formula is C25H29N5O7S. The molecule has 0 saturated heterocycles. The predicted octanol–water partition coefficient (Wildman–Crippen LogP) is 2.00. The molecule has 0 saturated carbocycles. The van der Waals surface area contributed by atoms with Crippen LogP contribution < -0.4 is 35.9 Å². The van der Waals surface area contributed by atoms with Gasteiger partial charge in [-0.1, -0.05) is 12.1 Å². The van der Waals surface area contributed by atoms with Crippen molar-refractivity contribution in [3.63, 3.8) is 0 Å². The Morgan fingerprint density at radius 1 is 1.00 bits per heavy atom. The lowest BCUT2D eigenvalue weighted by molar-refractivity contribution is -0.122. The summed E-state index contributed by atoms with van der Waals surface area (Å²) in [6.45, 7) is 0.447. The van der Waals surface area contributed by atoms with Crippen LogP contribution in [0.15, 0.2) is 42.5 Å². The molecule has 3 rings (SSSR count). The second-order valence-corrected chi connectivity index (χ2v) is 8.58. The first-order valence-corrected chi connectivity index (χ1v) is 12.1. The Hall–Kier alpha value is -4.36. The largest absolute Gasteiger partial charge is 0.497 e. The fraction of sp³-hybridized carbons (Fsp3) is 0.280. The van der Waals surface area contributed by atoms with Crippen LogP contribution in [0, 0.1) is 0 Å². The number of carbonyl (C=O) groups excluding carboxylic acids is 3. The Morgan fingerprint density at radius 3 is 2.21 bits per heavy atom. The number of rotatable bonds is 12. The van der Waals surface area contributed by atoms with Crippen molar-refractivity contribution in [1.29, 1.82) is 0 Å². The molecular weight excluding hydrogens is 514 g/mol. The molecule has 1 aromatic heterocycles. The van der Waals surface area contributed by atoms with Gasteiger partial charge < -0.3 is 35.7 Å². The average Bonchev–Trinajstić information content (AvgIpc) is 3.32. The number of primary amides is 1. The van der Waals surface area contributed by atoms with Gasteiger partial charge in [0.2, 0.25) is 5.91 Å². The number of carbonyl (C=O) groups is 3. The van der Waals surface area contributed by atoms with E-state index in [2.05, 4.69) is 9.69 Å². The maximum atomic E-state index is 14.1. The Bertz CT molecular complexity index is 1300. The van der Waals surface area contributed by atoms with Crippen LogP contribution >= 0.6 is 11.5 Å². The number of aromatic nitrogens is 1. The van der Waals surface area contributed by atoms with Crippen LogP contribution in [0.4, 0.5) is 11.4 Å². The molecule has 12 nitrogen and oxygen atoms in total. The van der Waals surface area contributed by atoms with Gasteiger partial charge >= 0.3 is 0 Å². The third-order valence-electron chi connectivity index (χ3n) is 5.56. The zero-order valence-corrected chi connectivity index (χ0v) is 22.2. The van der Waals surface area contributed by atoms with E-state index in [0.717, 1.165) is 0 Å². The van der Waals surface area contributed by atoms with Gasteiger partial charge in [-0.3, -0.25) is 19.3 Å². The molecule has 0 spiro atoms. The van der Waals surface area contributed by atoms with Gasteiger partial charge in [-0.15, -0.1) is 0 Å². The molecule has 1 unspecified atom stereocenters. The Kier molecular flexibility index (Phi) is 9.46. The summed E-state index contributed by atoms with van der Waals surface area (Å²) in [4.78, 5) is 40.8. The number of benzene rings is 2. The number of hydrogen-bond acceptors (Lipinski definition) is 10. The molecule has 1 atom stereocenters. The molecule has 3 amide bonds. The number of anilines is 2. The number of methoxy groups -OCH3 is 4. The number of amides is 3. The van der Waals surface area contributed by atoms with Gasteiger partial charge in [0.05, 0.1) is 39.3 Å². The molecule has 5 N–H and O–H groups in total. The fourth-order valence-electron chi connectivity index (χ4n) is 3.67. The monoisotopic (exact) mass is 543 g/mol. The zero-order chi connectivity index (χ0) is 27.8. The van der Waals surface area contributed by atoms with Crippen molar-refractivity contribution in [3.05, 3.63) is 58.6 Å². The van der Waals surface area contributed by atoms with Crippen LogP contribution in [0.3, 0.4) is 0 Å². The second kappa shape index (κ2) is 12.7. The van der Waals surface area contributed by atoms with Gasteiger partial charge in [0.25, 0.3) is 11.8 Å². The van der Waals surface area contributed by atoms with Crippen molar-refractivity contribution in [2.24, 2.45) is 5.73 Å². The highest BCUT2D eigenvalue weighted by atomic mass is 32.1. The summed E-state index contributed by atoms with van der Waals surface area (Å²) < 4.78 is 25.1. The molecule has 0 aliphatic carbocycles. The highest BCUT2D eigenvalue weighted by molar-refractivity contribution is 7.09. The van der Waals surface area contributed by atoms with Crippen LogP contribution in [-0.2, 0) is 9.53 Å². The molecule has 13 heteroatoms. The van der Waals surface area contributed by atoms with E-state index in [0.29, 0.717) is 28.6 Å². The lowest BCUT2D eigenvalue weighted by Gasteiger charge is -2.32. The van der Waals surface area contributed by atoms with Crippen LogP contribution in [0.1, 0.15) is 31.8 Å². The molecule has 3 aromatic rings. The minimum atomic E-state index is -1.20. The van der Waals surface area contributed by atoms with E-state index in [-0.39, 0.29) is 40.8 Å². The number of nitrogen functional groups attached to an aromatic ring is 1. The highest BCUT2D eigenvalue weighted by Gasteiger charge is 2.37. The molecule has 0 aliphatic heterocycles. The zero-order valence-electron chi connectivity index (χ0n) is 21.3. The third-order valence-corrected chi connectivity index (χ3v) is 6.42. The van der Waals surface area contributed by atoms with Crippen LogP contribution in [0.2, 0.25) is 0 Å².